The number of unbranched alkanes of at least 4 members (excludes halogenated alkanes) is 1. The number of nitrogens with zero attached hydrogens (tertiary/aromatic N) is 7. The third-order valence-electron chi connectivity index (χ3n) is 14.1. The number of carbonyl (C=O) groups is 4. The lowest BCUT2D eigenvalue weighted by Crippen LogP contribution is -2.47. The van der Waals surface area contributed by atoms with Gasteiger partial charge in [-0.05, 0) is 118 Å². The molecule has 1 aliphatic rings. The normalized spacial score (nSPS) is 13.3. The van der Waals surface area contributed by atoms with E-state index in [9.17, 15) is 28.0 Å². The van der Waals surface area contributed by atoms with Crippen LogP contribution in [0, 0.1) is 0 Å². The highest BCUT2D eigenvalue weighted by molar-refractivity contribution is 7.14. The third kappa shape index (κ3) is 26.3. The molecule has 1 fully saturated rings. The summed E-state index contributed by atoms with van der Waals surface area (Å²) < 4.78 is 61.9. The molecule has 2 heterocycles. The summed E-state index contributed by atoms with van der Waals surface area (Å²) in [5.41, 5.74) is 3.57. The Bertz CT molecular complexity index is 2920. The molecule has 21 nitrogen and oxygen atoms in total. The molecule has 0 spiro atoms. The molecule has 5 N–H and O–H groups in total. The van der Waals surface area contributed by atoms with E-state index in [1.807, 2.05) is 36.2 Å². The number of nitrogens with two attached hydrogens (primary N) is 1. The molecule has 25 heteroatoms. The molecule has 6 rings (SSSR count). The van der Waals surface area contributed by atoms with Gasteiger partial charge in [0.05, 0.1) is 70.6 Å². The summed E-state index contributed by atoms with van der Waals surface area (Å²) in [6.45, 7) is 9.38. The number of aliphatic imine (C=N–C) groups is 1. The standard InChI is InChI=1S/C63H84ClF2N11O10S/c1-74(26-4-5-34-86-55-19-12-47(13-20-55)14-23-57(78)77(27-7-33-82-3)59(49-8-6-9-50(42-49)60(65)66)61(80)69-44-48-10-15-51(64)16-11-48)32-37-85-39-38-83-35-24-53(73-67)45-68-25-36-84-40-41-87-56-21-17-52(18-22-56)70-62(81)72-63-71-54(46-88-63)43-58(79)76-30-28-75(2)29-31-76/h6,8-13,15-22,42,45-46,59-60H,4-5,7,14,23-41,43-44,67H2,1-3H3,(H,69,80)(H2,70,71,72,81)/b68-45?,73-53-. The Hall–Kier alpha value is -7.16. The minimum Gasteiger partial charge on any atom is -0.494 e. The minimum atomic E-state index is -2.75. The molecule has 4 aromatic carbocycles. The summed E-state index contributed by atoms with van der Waals surface area (Å²) in [7, 11) is 5.65. The molecular weight excluding hydrogens is 1180 g/mol. The number of thiazole rings is 1. The Morgan fingerprint density at radius 3 is 2.17 bits per heavy atom. The number of alkyl halides is 2. The number of amides is 5. The van der Waals surface area contributed by atoms with Crippen molar-refractivity contribution in [1.82, 2.24) is 29.9 Å². The number of benzene rings is 4. The van der Waals surface area contributed by atoms with E-state index in [4.69, 9.17) is 45.9 Å². The molecule has 0 saturated carbocycles. The topological polar surface area (TPSA) is 236 Å². The number of ether oxygens (including phenoxy) is 6. The fourth-order valence-electron chi connectivity index (χ4n) is 9.09. The number of aryl methyl sites for hydroxylation is 1. The van der Waals surface area contributed by atoms with Crippen LogP contribution in [0.25, 0.3) is 0 Å². The Morgan fingerprint density at radius 2 is 1.44 bits per heavy atom. The first-order valence-corrected chi connectivity index (χ1v) is 30.8. The summed E-state index contributed by atoms with van der Waals surface area (Å²) in [4.78, 5) is 69.7. The van der Waals surface area contributed by atoms with Crippen LogP contribution in [0.5, 0.6) is 11.5 Å². The minimum absolute atomic E-state index is 0.0373. The predicted molar refractivity (Wildman–Crippen MR) is 339 cm³/mol. The van der Waals surface area contributed by atoms with Crippen molar-refractivity contribution in [3.8, 4) is 11.5 Å². The SMILES string of the molecule is COCCCN(C(=O)CCc1ccc(OCCCCN(C)CCOCCOCC/C(C=NCCOCCOc2ccc(NC(=O)Nc3nc(CC(=O)N4CCN(C)CC4)cs3)cc2)=N/N)cc1)C(C(=O)NCc1ccc(Cl)cc1)c1cccc(C(F)F)c1. The number of hydrazone groups is 1. The zero-order valence-electron chi connectivity index (χ0n) is 50.6. The highest BCUT2D eigenvalue weighted by atomic mass is 35.5. The predicted octanol–water partition coefficient (Wildman–Crippen LogP) is 8.55. The van der Waals surface area contributed by atoms with Gasteiger partial charge in [-0.1, -0.05) is 54.1 Å². The zero-order valence-corrected chi connectivity index (χ0v) is 52.1. The van der Waals surface area contributed by atoms with Gasteiger partial charge in [0.2, 0.25) is 17.7 Å². The van der Waals surface area contributed by atoms with Crippen molar-refractivity contribution in [1.29, 1.82) is 0 Å². The number of urea groups is 1. The maximum Gasteiger partial charge on any atom is 0.325 e. The van der Waals surface area contributed by atoms with E-state index in [2.05, 4.69) is 47.9 Å². The first-order valence-electron chi connectivity index (χ1n) is 29.6. The van der Waals surface area contributed by atoms with Crippen molar-refractivity contribution in [3.63, 3.8) is 0 Å². The van der Waals surface area contributed by atoms with E-state index < -0.39 is 24.4 Å². The monoisotopic (exact) mass is 1260 g/mol. The van der Waals surface area contributed by atoms with Crippen LogP contribution in [0.3, 0.4) is 0 Å². The molecule has 1 aliphatic heterocycles. The average molecular weight is 1260 g/mol. The lowest BCUT2D eigenvalue weighted by atomic mass is 10.00. The maximum absolute atomic E-state index is 14.0. The lowest BCUT2D eigenvalue weighted by molar-refractivity contribution is -0.141. The molecule has 1 unspecified atom stereocenters. The molecule has 1 saturated heterocycles. The summed E-state index contributed by atoms with van der Waals surface area (Å²) >= 11 is 7.32. The number of rotatable bonds is 40. The second-order valence-electron chi connectivity index (χ2n) is 20.9. The molecule has 5 amide bonds. The molecule has 0 aliphatic carbocycles. The molecule has 1 atom stereocenters. The smallest absolute Gasteiger partial charge is 0.325 e. The van der Waals surface area contributed by atoms with Gasteiger partial charge in [0.15, 0.2) is 5.13 Å². The number of nitrogens with one attached hydrogen (secondary N) is 3. The van der Waals surface area contributed by atoms with E-state index in [0.29, 0.717) is 137 Å². The number of piperazine rings is 1. The number of hydrogen-bond donors (Lipinski definition) is 4. The number of methoxy groups -OCH3 is 1. The van der Waals surface area contributed by atoms with E-state index in [-0.39, 0.29) is 43.3 Å². The Kier molecular flexibility index (Phi) is 31.5. The van der Waals surface area contributed by atoms with Crippen LogP contribution in [0.15, 0.2) is 113 Å². The molecule has 478 valence electrons. The van der Waals surface area contributed by atoms with Gasteiger partial charge in [0.25, 0.3) is 6.43 Å². The van der Waals surface area contributed by atoms with Crippen LogP contribution in [-0.4, -0.2) is 193 Å². The lowest BCUT2D eigenvalue weighted by Gasteiger charge is -2.32. The van der Waals surface area contributed by atoms with Gasteiger partial charge in [0.1, 0.15) is 24.1 Å². The largest absolute Gasteiger partial charge is 0.494 e. The Morgan fingerprint density at radius 1 is 0.761 bits per heavy atom. The van der Waals surface area contributed by atoms with E-state index in [0.717, 1.165) is 55.9 Å². The summed E-state index contributed by atoms with van der Waals surface area (Å²) in [5.74, 6) is 6.17. The third-order valence-corrected chi connectivity index (χ3v) is 15.1. The molecule has 0 bridgehead atoms. The van der Waals surface area contributed by atoms with Crippen LogP contribution in [-0.2, 0) is 52.7 Å². The number of carbonyl (C=O) groups excluding carboxylic acids is 4. The van der Waals surface area contributed by atoms with Gasteiger partial charge >= 0.3 is 6.03 Å². The van der Waals surface area contributed by atoms with Crippen molar-refractivity contribution in [2.45, 2.75) is 64.0 Å². The van der Waals surface area contributed by atoms with Crippen molar-refractivity contribution >= 4 is 69.4 Å². The Balaban J connectivity index is 0.755. The number of likely N-dealkylation sites (N-methyl/N-ethyl adjacent to an activating group) is 2. The van der Waals surface area contributed by atoms with Gasteiger partial charge in [-0.25, -0.2) is 18.6 Å². The van der Waals surface area contributed by atoms with Crippen LogP contribution < -0.4 is 31.3 Å². The quantitative estimate of drug-likeness (QED) is 0.0125. The summed E-state index contributed by atoms with van der Waals surface area (Å²) in [6, 6.07) is 25.6. The number of hydrogen-bond acceptors (Lipinski definition) is 17. The van der Waals surface area contributed by atoms with Crippen molar-refractivity contribution in [3.05, 3.63) is 135 Å². The van der Waals surface area contributed by atoms with Crippen molar-refractivity contribution in [2.75, 3.05) is 144 Å². The van der Waals surface area contributed by atoms with E-state index in [1.54, 1.807) is 73.3 Å². The first kappa shape index (κ1) is 69.9. The molecule has 0 radical (unpaired) electrons. The van der Waals surface area contributed by atoms with Gasteiger partial charge < -0.3 is 64.5 Å². The van der Waals surface area contributed by atoms with E-state index in [1.165, 1.54) is 34.4 Å². The van der Waals surface area contributed by atoms with Gasteiger partial charge in [0, 0.05) is 100 Å². The van der Waals surface area contributed by atoms with Gasteiger partial charge in [-0.2, -0.15) is 5.10 Å². The molecule has 5 aromatic rings. The highest BCUT2D eigenvalue weighted by Gasteiger charge is 2.32. The molecule has 88 heavy (non-hydrogen) atoms. The van der Waals surface area contributed by atoms with Crippen LogP contribution >= 0.6 is 22.9 Å². The highest BCUT2D eigenvalue weighted by Crippen LogP contribution is 2.29. The first-order chi connectivity index (χ1) is 42.8. The van der Waals surface area contributed by atoms with Crippen molar-refractivity contribution in [2.24, 2.45) is 15.9 Å². The van der Waals surface area contributed by atoms with Crippen LogP contribution in [0.1, 0.15) is 72.5 Å². The fraction of sp³-hybridized carbons (Fsp3) is 0.476. The average Bonchev–Trinajstić information content (AvgIpc) is 4.04. The van der Waals surface area contributed by atoms with E-state index >= 15 is 0 Å². The number of aromatic nitrogens is 1. The van der Waals surface area contributed by atoms with Gasteiger partial charge in [-0.3, -0.25) is 24.7 Å². The maximum atomic E-state index is 14.0. The summed E-state index contributed by atoms with van der Waals surface area (Å²) in [6.07, 6.45) is 2.29. The second kappa shape index (κ2) is 39.7. The Labute approximate surface area is 523 Å². The van der Waals surface area contributed by atoms with Crippen LogP contribution in [0.4, 0.5) is 24.4 Å². The number of anilines is 2. The van der Waals surface area contributed by atoms with Crippen LogP contribution in [0.2, 0.25) is 5.02 Å². The van der Waals surface area contributed by atoms with Crippen molar-refractivity contribution < 1.29 is 56.4 Å². The molecular formula is C63H84ClF2N11O10S. The second-order valence-corrected chi connectivity index (χ2v) is 22.1. The van der Waals surface area contributed by atoms with Gasteiger partial charge in [-0.15, -0.1) is 11.3 Å². The zero-order chi connectivity index (χ0) is 62.7. The number of halogens is 3. The molecule has 1 aromatic heterocycles. The summed E-state index contributed by atoms with van der Waals surface area (Å²) in [5, 5.41) is 15.0. The fourth-order valence-corrected chi connectivity index (χ4v) is 9.92.